The highest BCUT2D eigenvalue weighted by molar-refractivity contribution is 5.53. The van der Waals surface area contributed by atoms with Gasteiger partial charge in [-0.3, -0.25) is 4.99 Å². The Hall–Kier alpha value is -0.330. The molecule has 64 valence electrons. The molecule has 0 aromatic rings. The van der Waals surface area contributed by atoms with Crippen LogP contribution in [0.1, 0.15) is 40.0 Å². The van der Waals surface area contributed by atoms with Crippen molar-refractivity contribution in [2.45, 2.75) is 46.1 Å². The first kappa shape index (κ1) is 8.76. The lowest BCUT2D eigenvalue weighted by molar-refractivity contribution is 0.268. The van der Waals surface area contributed by atoms with Crippen LogP contribution in [0.2, 0.25) is 0 Å². The molecule has 3 atom stereocenters. The van der Waals surface area contributed by atoms with Gasteiger partial charge in [-0.2, -0.15) is 0 Å². The highest BCUT2D eigenvalue weighted by atomic mass is 14.8. The molecule has 0 heterocycles. The summed E-state index contributed by atoms with van der Waals surface area (Å²) in [5, 5.41) is 0. The average molecular weight is 153 g/mol. The minimum Gasteiger partial charge on any atom is -0.294 e. The molecular weight excluding hydrogens is 134 g/mol. The van der Waals surface area contributed by atoms with Crippen LogP contribution in [0.5, 0.6) is 0 Å². The number of aliphatic imine (C=N–C) groups is 1. The summed E-state index contributed by atoms with van der Waals surface area (Å²) in [7, 11) is 0. The molecule has 1 rings (SSSR count). The largest absolute Gasteiger partial charge is 0.294 e. The van der Waals surface area contributed by atoms with Gasteiger partial charge in [-0.1, -0.05) is 20.3 Å². The van der Waals surface area contributed by atoms with Crippen molar-refractivity contribution in [1.82, 2.24) is 0 Å². The Morgan fingerprint density at radius 3 is 2.64 bits per heavy atom. The van der Waals surface area contributed by atoms with Crippen LogP contribution in [0.3, 0.4) is 0 Å². The number of rotatable bonds is 1. The van der Waals surface area contributed by atoms with E-state index in [1.54, 1.807) is 0 Å². The van der Waals surface area contributed by atoms with Crippen LogP contribution in [0, 0.1) is 11.8 Å². The van der Waals surface area contributed by atoms with Gasteiger partial charge in [-0.05, 0) is 37.8 Å². The maximum absolute atomic E-state index is 4.49. The second-order valence-electron chi connectivity index (χ2n) is 3.87. The third-order valence-electron chi connectivity index (χ3n) is 2.76. The first-order chi connectivity index (χ1) is 5.24. The van der Waals surface area contributed by atoms with Gasteiger partial charge in [0, 0.05) is 0 Å². The Labute approximate surface area is 69.9 Å². The molecule has 1 aliphatic rings. The first-order valence-electron chi connectivity index (χ1n) is 4.71. The summed E-state index contributed by atoms with van der Waals surface area (Å²) in [4.78, 5) is 4.49. The quantitative estimate of drug-likeness (QED) is 0.514. The van der Waals surface area contributed by atoms with Crippen LogP contribution in [0.4, 0.5) is 0 Å². The standard InChI is InChI=1S/C10H19N/c1-4-11-10-7-8(2)5-6-9(10)3/h4,8-10H,5-7H2,1-3H3/b11-4-. The van der Waals surface area contributed by atoms with E-state index < -0.39 is 0 Å². The van der Waals surface area contributed by atoms with Crippen LogP contribution >= 0.6 is 0 Å². The van der Waals surface area contributed by atoms with Crippen LogP contribution in [0.15, 0.2) is 4.99 Å². The summed E-state index contributed by atoms with van der Waals surface area (Å²) in [5.41, 5.74) is 0. The van der Waals surface area contributed by atoms with Crippen molar-refractivity contribution in [3.63, 3.8) is 0 Å². The van der Waals surface area contributed by atoms with Gasteiger partial charge in [0.15, 0.2) is 0 Å². The number of hydrogen-bond donors (Lipinski definition) is 0. The molecule has 0 bridgehead atoms. The molecule has 0 amide bonds. The van der Waals surface area contributed by atoms with Crippen molar-refractivity contribution in [3.05, 3.63) is 0 Å². The van der Waals surface area contributed by atoms with Gasteiger partial charge in [0.25, 0.3) is 0 Å². The molecule has 0 aromatic heterocycles. The van der Waals surface area contributed by atoms with Crippen molar-refractivity contribution in [1.29, 1.82) is 0 Å². The maximum Gasteiger partial charge on any atom is 0.0523 e. The molecule has 11 heavy (non-hydrogen) atoms. The van der Waals surface area contributed by atoms with E-state index >= 15 is 0 Å². The van der Waals surface area contributed by atoms with Gasteiger partial charge in [-0.15, -0.1) is 0 Å². The van der Waals surface area contributed by atoms with Crippen LogP contribution < -0.4 is 0 Å². The lowest BCUT2D eigenvalue weighted by Gasteiger charge is -2.29. The molecule has 1 nitrogen and oxygen atoms in total. The zero-order valence-electron chi connectivity index (χ0n) is 7.88. The third-order valence-corrected chi connectivity index (χ3v) is 2.76. The van der Waals surface area contributed by atoms with Crippen LogP contribution in [0.25, 0.3) is 0 Å². The van der Waals surface area contributed by atoms with Crippen LogP contribution in [-0.2, 0) is 0 Å². The fourth-order valence-corrected chi connectivity index (χ4v) is 1.90. The SMILES string of the molecule is C/C=N\C1CC(C)CCC1C. The van der Waals surface area contributed by atoms with E-state index in [9.17, 15) is 0 Å². The van der Waals surface area contributed by atoms with E-state index in [4.69, 9.17) is 0 Å². The zero-order chi connectivity index (χ0) is 8.27. The maximum atomic E-state index is 4.49. The smallest absolute Gasteiger partial charge is 0.0523 e. The van der Waals surface area contributed by atoms with Gasteiger partial charge in [0.05, 0.1) is 6.04 Å². The van der Waals surface area contributed by atoms with E-state index in [0.29, 0.717) is 6.04 Å². The predicted molar refractivity (Wildman–Crippen MR) is 50.1 cm³/mol. The molecular formula is C10H19N. The molecule has 0 saturated heterocycles. The topological polar surface area (TPSA) is 12.4 Å². The molecule has 1 saturated carbocycles. The van der Waals surface area contributed by atoms with E-state index in [1.807, 2.05) is 13.1 Å². The van der Waals surface area contributed by atoms with Gasteiger partial charge in [-0.25, -0.2) is 0 Å². The number of hydrogen-bond acceptors (Lipinski definition) is 1. The lowest BCUT2D eigenvalue weighted by Crippen LogP contribution is -2.24. The Kier molecular flexibility index (Phi) is 3.10. The summed E-state index contributed by atoms with van der Waals surface area (Å²) in [6.07, 6.45) is 6.02. The average Bonchev–Trinajstić information content (AvgIpc) is 1.98. The predicted octanol–water partition coefficient (Wildman–Crippen LogP) is 2.90. The molecule has 3 unspecified atom stereocenters. The summed E-state index contributed by atoms with van der Waals surface area (Å²) in [5.74, 6) is 1.70. The Bertz CT molecular complexity index is 140. The van der Waals surface area contributed by atoms with Crippen LogP contribution in [-0.4, -0.2) is 12.3 Å². The second-order valence-corrected chi connectivity index (χ2v) is 3.87. The summed E-state index contributed by atoms with van der Waals surface area (Å²) < 4.78 is 0. The summed E-state index contributed by atoms with van der Waals surface area (Å²) in [6, 6.07) is 0.615. The molecule has 0 N–H and O–H groups in total. The first-order valence-corrected chi connectivity index (χ1v) is 4.71. The lowest BCUT2D eigenvalue weighted by atomic mass is 9.80. The minimum absolute atomic E-state index is 0.615. The van der Waals surface area contributed by atoms with Crippen molar-refractivity contribution in [2.75, 3.05) is 0 Å². The monoisotopic (exact) mass is 153 g/mol. The van der Waals surface area contributed by atoms with E-state index in [2.05, 4.69) is 18.8 Å². The molecule has 0 radical (unpaired) electrons. The van der Waals surface area contributed by atoms with Crippen molar-refractivity contribution >= 4 is 6.21 Å². The fourth-order valence-electron chi connectivity index (χ4n) is 1.90. The van der Waals surface area contributed by atoms with Crippen molar-refractivity contribution in [2.24, 2.45) is 16.8 Å². The molecule has 1 aliphatic carbocycles. The van der Waals surface area contributed by atoms with Gasteiger partial charge in [0.2, 0.25) is 0 Å². The van der Waals surface area contributed by atoms with E-state index in [1.165, 1.54) is 19.3 Å². The summed E-state index contributed by atoms with van der Waals surface area (Å²) in [6.45, 7) is 6.68. The van der Waals surface area contributed by atoms with Gasteiger partial charge in [0.1, 0.15) is 0 Å². The highest BCUT2D eigenvalue weighted by Gasteiger charge is 2.23. The van der Waals surface area contributed by atoms with E-state index in [0.717, 1.165) is 11.8 Å². The molecule has 1 heteroatoms. The minimum atomic E-state index is 0.615. The van der Waals surface area contributed by atoms with Gasteiger partial charge >= 0.3 is 0 Å². The molecule has 0 aliphatic heterocycles. The molecule has 1 fully saturated rings. The summed E-state index contributed by atoms with van der Waals surface area (Å²) >= 11 is 0. The van der Waals surface area contributed by atoms with Gasteiger partial charge < -0.3 is 0 Å². The normalized spacial score (nSPS) is 39.7. The third kappa shape index (κ3) is 2.32. The van der Waals surface area contributed by atoms with Crippen molar-refractivity contribution < 1.29 is 0 Å². The Morgan fingerprint density at radius 1 is 1.27 bits per heavy atom. The molecule has 0 spiro atoms. The Morgan fingerprint density at radius 2 is 2.00 bits per heavy atom. The second kappa shape index (κ2) is 3.89. The molecule has 0 aromatic carbocycles. The zero-order valence-corrected chi connectivity index (χ0v) is 7.88. The van der Waals surface area contributed by atoms with E-state index in [-0.39, 0.29) is 0 Å². The number of nitrogens with zero attached hydrogens (tertiary/aromatic N) is 1. The Balaban J connectivity index is 2.47. The van der Waals surface area contributed by atoms with Crippen molar-refractivity contribution in [3.8, 4) is 0 Å². The highest BCUT2D eigenvalue weighted by Crippen LogP contribution is 2.30. The fraction of sp³-hybridized carbons (Fsp3) is 0.900.